The molecular weight excluding hydrogens is 178 g/mol. The van der Waals surface area contributed by atoms with Crippen molar-refractivity contribution in [1.82, 2.24) is 0 Å². The summed E-state index contributed by atoms with van der Waals surface area (Å²) < 4.78 is 0. The van der Waals surface area contributed by atoms with Crippen LogP contribution in [0.1, 0.15) is 27.0 Å². The molecule has 64 valence electrons. The standard InChI is InChI=1S/C10H3N3O/c11-3-7-1-2-8(4-12)10(6-14)9(7)5-13/h1-2,6H. The van der Waals surface area contributed by atoms with Crippen LogP contribution in [0, 0.1) is 34.0 Å². The normalized spacial score (nSPS) is 8.07. The van der Waals surface area contributed by atoms with Crippen LogP contribution >= 0.6 is 0 Å². The van der Waals surface area contributed by atoms with E-state index in [1.807, 2.05) is 0 Å². The van der Waals surface area contributed by atoms with Crippen LogP contribution in [0.3, 0.4) is 0 Å². The maximum absolute atomic E-state index is 10.6. The van der Waals surface area contributed by atoms with Gasteiger partial charge in [-0.3, -0.25) is 4.79 Å². The van der Waals surface area contributed by atoms with Crippen LogP contribution < -0.4 is 0 Å². The Hall–Kier alpha value is -2.64. The molecule has 0 aromatic heterocycles. The molecule has 0 unspecified atom stereocenters. The van der Waals surface area contributed by atoms with Gasteiger partial charge < -0.3 is 0 Å². The fourth-order valence-corrected chi connectivity index (χ4v) is 1.05. The number of nitriles is 3. The van der Waals surface area contributed by atoms with E-state index in [1.54, 1.807) is 18.2 Å². The second kappa shape index (κ2) is 3.85. The summed E-state index contributed by atoms with van der Waals surface area (Å²) in [5, 5.41) is 26.0. The highest BCUT2D eigenvalue weighted by atomic mass is 16.1. The van der Waals surface area contributed by atoms with E-state index >= 15 is 0 Å². The van der Waals surface area contributed by atoms with Crippen molar-refractivity contribution in [2.75, 3.05) is 0 Å². The van der Waals surface area contributed by atoms with Gasteiger partial charge >= 0.3 is 0 Å². The lowest BCUT2D eigenvalue weighted by atomic mass is 9.99. The Morgan fingerprint density at radius 2 is 1.57 bits per heavy atom. The van der Waals surface area contributed by atoms with Gasteiger partial charge in [-0.1, -0.05) is 0 Å². The monoisotopic (exact) mass is 181 g/mol. The number of nitrogens with zero attached hydrogens (tertiary/aromatic N) is 3. The summed E-state index contributed by atoms with van der Waals surface area (Å²) in [5.74, 6) is 0. The number of rotatable bonds is 1. The molecule has 1 aromatic carbocycles. The Morgan fingerprint density at radius 3 is 2.00 bits per heavy atom. The smallest absolute Gasteiger partial charge is 0.152 e. The zero-order valence-corrected chi connectivity index (χ0v) is 6.98. The van der Waals surface area contributed by atoms with Gasteiger partial charge in [0.15, 0.2) is 6.29 Å². The van der Waals surface area contributed by atoms with Crippen molar-refractivity contribution in [3.63, 3.8) is 0 Å². The average Bonchev–Trinajstić information content (AvgIpc) is 2.26. The quantitative estimate of drug-likeness (QED) is 0.607. The van der Waals surface area contributed by atoms with Gasteiger partial charge in [-0.25, -0.2) is 0 Å². The predicted molar refractivity (Wildman–Crippen MR) is 46.0 cm³/mol. The molecule has 1 aromatic rings. The second-order valence-corrected chi connectivity index (χ2v) is 2.40. The second-order valence-electron chi connectivity index (χ2n) is 2.40. The third-order valence-corrected chi connectivity index (χ3v) is 1.72. The number of benzene rings is 1. The molecular formula is C10H3N3O. The molecule has 0 heterocycles. The van der Waals surface area contributed by atoms with E-state index in [9.17, 15) is 4.79 Å². The third kappa shape index (κ3) is 1.31. The summed E-state index contributed by atoms with van der Waals surface area (Å²) in [5.41, 5.74) is 0.153. The lowest BCUT2D eigenvalue weighted by Gasteiger charge is -1.99. The van der Waals surface area contributed by atoms with Gasteiger partial charge in [0.05, 0.1) is 28.3 Å². The molecule has 0 amide bonds. The number of hydrogen-bond donors (Lipinski definition) is 0. The fourth-order valence-electron chi connectivity index (χ4n) is 1.05. The first-order valence-electron chi connectivity index (χ1n) is 3.61. The molecule has 0 spiro atoms. The largest absolute Gasteiger partial charge is 0.298 e. The number of aldehydes is 1. The van der Waals surface area contributed by atoms with Gasteiger partial charge in [0.2, 0.25) is 0 Å². The summed E-state index contributed by atoms with van der Waals surface area (Å²) in [6.45, 7) is 0. The van der Waals surface area contributed by atoms with Gasteiger partial charge in [-0.15, -0.1) is 0 Å². The molecule has 0 saturated carbocycles. The highest BCUT2D eigenvalue weighted by molar-refractivity contribution is 5.84. The van der Waals surface area contributed by atoms with Crippen molar-refractivity contribution in [3.8, 4) is 18.2 Å². The number of hydrogen-bond acceptors (Lipinski definition) is 4. The van der Waals surface area contributed by atoms with E-state index in [-0.39, 0.29) is 22.3 Å². The molecule has 0 bridgehead atoms. The molecule has 4 heteroatoms. The Balaban J connectivity index is 3.67. The zero-order valence-electron chi connectivity index (χ0n) is 6.98. The van der Waals surface area contributed by atoms with Crippen molar-refractivity contribution in [2.24, 2.45) is 0 Å². The van der Waals surface area contributed by atoms with Crippen LogP contribution in [-0.4, -0.2) is 6.29 Å². The summed E-state index contributed by atoms with van der Waals surface area (Å²) in [7, 11) is 0. The highest BCUT2D eigenvalue weighted by Crippen LogP contribution is 2.15. The molecule has 0 N–H and O–H groups in total. The van der Waals surface area contributed by atoms with Crippen LogP contribution in [0.5, 0.6) is 0 Å². The van der Waals surface area contributed by atoms with Crippen LogP contribution in [-0.2, 0) is 0 Å². The molecule has 0 atom stereocenters. The number of carbonyl (C=O) groups is 1. The van der Waals surface area contributed by atoms with E-state index in [4.69, 9.17) is 15.8 Å². The Bertz CT molecular complexity index is 512. The minimum atomic E-state index is -0.0402. The third-order valence-electron chi connectivity index (χ3n) is 1.72. The summed E-state index contributed by atoms with van der Waals surface area (Å²) >= 11 is 0. The first-order valence-corrected chi connectivity index (χ1v) is 3.61. The van der Waals surface area contributed by atoms with Crippen LogP contribution in [0.2, 0.25) is 0 Å². The Labute approximate surface area is 80.2 Å². The van der Waals surface area contributed by atoms with Gasteiger partial charge in [0.1, 0.15) is 12.1 Å². The lowest BCUT2D eigenvalue weighted by Crippen LogP contribution is -1.96. The predicted octanol–water partition coefficient (Wildman–Crippen LogP) is 1.11. The van der Waals surface area contributed by atoms with Crippen molar-refractivity contribution in [3.05, 3.63) is 34.4 Å². The summed E-state index contributed by atoms with van der Waals surface area (Å²) in [4.78, 5) is 10.6. The topological polar surface area (TPSA) is 88.4 Å². The maximum Gasteiger partial charge on any atom is 0.152 e. The highest BCUT2D eigenvalue weighted by Gasteiger charge is 2.11. The van der Waals surface area contributed by atoms with Gasteiger partial charge in [0, 0.05) is 0 Å². The van der Waals surface area contributed by atoms with Crippen LogP contribution in [0.4, 0.5) is 0 Å². The SMILES string of the molecule is N#Cc1ccc(C#N)c(C=O)c1C#N. The zero-order chi connectivity index (χ0) is 10.6. The van der Waals surface area contributed by atoms with Crippen molar-refractivity contribution >= 4 is 6.29 Å². The van der Waals surface area contributed by atoms with E-state index in [1.165, 1.54) is 12.1 Å². The molecule has 0 aliphatic rings. The molecule has 0 radical (unpaired) electrons. The van der Waals surface area contributed by atoms with E-state index < -0.39 is 0 Å². The molecule has 0 aliphatic heterocycles. The van der Waals surface area contributed by atoms with Crippen molar-refractivity contribution in [1.29, 1.82) is 15.8 Å². The maximum atomic E-state index is 10.6. The first kappa shape index (κ1) is 9.45. The van der Waals surface area contributed by atoms with Crippen LogP contribution in [0.15, 0.2) is 12.1 Å². The lowest BCUT2D eigenvalue weighted by molar-refractivity contribution is 0.112. The first-order chi connectivity index (χ1) is 6.78. The van der Waals surface area contributed by atoms with Gasteiger partial charge in [-0.2, -0.15) is 15.8 Å². The Morgan fingerprint density at radius 1 is 1.00 bits per heavy atom. The van der Waals surface area contributed by atoms with Gasteiger partial charge in [-0.05, 0) is 12.1 Å². The van der Waals surface area contributed by atoms with Crippen LogP contribution in [0.25, 0.3) is 0 Å². The van der Waals surface area contributed by atoms with E-state index in [0.717, 1.165) is 0 Å². The molecule has 0 fully saturated rings. The van der Waals surface area contributed by atoms with E-state index in [2.05, 4.69) is 0 Å². The van der Waals surface area contributed by atoms with Crippen molar-refractivity contribution in [2.45, 2.75) is 0 Å². The summed E-state index contributed by atoms with van der Waals surface area (Å²) in [6.07, 6.45) is 0.415. The Kier molecular flexibility index (Phi) is 2.60. The minimum absolute atomic E-state index is 0.0194. The fraction of sp³-hybridized carbons (Fsp3) is 0. The van der Waals surface area contributed by atoms with Gasteiger partial charge in [0.25, 0.3) is 0 Å². The summed E-state index contributed by atoms with van der Waals surface area (Å²) in [6, 6.07) is 8.00. The molecule has 0 aliphatic carbocycles. The molecule has 4 nitrogen and oxygen atoms in total. The molecule has 0 saturated heterocycles. The van der Waals surface area contributed by atoms with Crippen molar-refractivity contribution < 1.29 is 4.79 Å². The minimum Gasteiger partial charge on any atom is -0.298 e. The molecule has 14 heavy (non-hydrogen) atoms. The van der Waals surface area contributed by atoms with E-state index in [0.29, 0.717) is 6.29 Å². The average molecular weight is 181 g/mol. The number of carbonyl (C=O) groups excluding carboxylic acids is 1. The molecule has 1 rings (SSSR count).